The smallest absolute Gasteiger partial charge is 0.253 e. The van der Waals surface area contributed by atoms with E-state index in [1.54, 1.807) is 0 Å². The minimum absolute atomic E-state index is 0.0235. The van der Waals surface area contributed by atoms with Crippen molar-refractivity contribution in [2.45, 2.75) is 19.9 Å². The molecule has 0 spiro atoms. The normalized spacial score (nSPS) is 12.5. The third-order valence-electron chi connectivity index (χ3n) is 2.51. The molecule has 0 saturated heterocycles. The molecule has 94 valence electrons. The van der Waals surface area contributed by atoms with Crippen LogP contribution in [0.25, 0.3) is 0 Å². The molecule has 0 radical (unpaired) electrons. The summed E-state index contributed by atoms with van der Waals surface area (Å²) in [6, 6.07) is 3.83. The number of hydrogen-bond donors (Lipinski definition) is 3. The van der Waals surface area contributed by atoms with Crippen molar-refractivity contribution in [1.82, 2.24) is 5.32 Å². The Morgan fingerprint density at radius 2 is 2.12 bits per heavy atom. The first-order chi connectivity index (χ1) is 7.95. The first-order valence-corrected chi connectivity index (χ1v) is 5.73. The van der Waals surface area contributed by atoms with Gasteiger partial charge in [0.25, 0.3) is 5.91 Å². The summed E-state index contributed by atoms with van der Waals surface area (Å²) in [4.78, 5) is 11.9. The van der Waals surface area contributed by atoms with Crippen molar-refractivity contribution in [2.75, 3.05) is 6.61 Å². The van der Waals surface area contributed by atoms with Crippen molar-refractivity contribution in [3.63, 3.8) is 0 Å². The van der Waals surface area contributed by atoms with Gasteiger partial charge in [0.15, 0.2) is 0 Å². The molecule has 0 saturated carbocycles. The van der Waals surface area contributed by atoms with Crippen molar-refractivity contribution in [3.05, 3.63) is 28.8 Å². The number of phenols is 1. The second kappa shape index (κ2) is 5.89. The van der Waals surface area contributed by atoms with Crippen LogP contribution in [0.1, 0.15) is 24.2 Å². The third-order valence-corrected chi connectivity index (χ3v) is 2.84. The SMILES string of the molecule is CC(C)C(CO)NC(=O)c1cc(O)ccc1Cl. The van der Waals surface area contributed by atoms with E-state index >= 15 is 0 Å². The van der Waals surface area contributed by atoms with E-state index in [0.717, 1.165) is 0 Å². The van der Waals surface area contributed by atoms with Crippen LogP contribution in [0, 0.1) is 5.92 Å². The summed E-state index contributed by atoms with van der Waals surface area (Å²) >= 11 is 5.86. The Labute approximate surface area is 105 Å². The zero-order valence-electron chi connectivity index (χ0n) is 9.77. The molecular formula is C12H16ClNO3. The molecule has 1 amide bonds. The van der Waals surface area contributed by atoms with Crippen molar-refractivity contribution in [2.24, 2.45) is 5.92 Å². The minimum Gasteiger partial charge on any atom is -0.508 e. The maximum Gasteiger partial charge on any atom is 0.253 e. The summed E-state index contributed by atoms with van der Waals surface area (Å²) in [6.07, 6.45) is 0. The van der Waals surface area contributed by atoms with Gasteiger partial charge < -0.3 is 15.5 Å². The van der Waals surface area contributed by atoms with E-state index in [4.69, 9.17) is 16.7 Å². The number of carbonyl (C=O) groups excluding carboxylic acids is 1. The van der Waals surface area contributed by atoms with E-state index in [0.29, 0.717) is 0 Å². The number of phenolic OH excluding ortho intramolecular Hbond substituents is 1. The number of halogens is 1. The fourth-order valence-corrected chi connectivity index (χ4v) is 1.56. The number of carbonyl (C=O) groups is 1. The number of aliphatic hydroxyl groups is 1. The Morgan fingerprint density at radius 1 is 1.47 bits per heavy atom. The summed E-state index contributed by atoms with van der Waals surface area (Å²) in [5, 5.41) is 21.3. The summed E-state index contributed by atoms with van der Waals surface area (Å²) in [7, 11) is 0. The summed E-state index contributed by atoms with van der Waals surface area (Å²) in [6.45, 7) is 3.65. The van der Waals surface area contributed by atoms with Gasteiger partial charge in [0, 0.05) is 0 Å². The first kappa shape index (κ1) is 13.8. The second-order valence-corrected chi connectivity index (χ2v) is 4.58. The van der Waals surface area contributed by atoms with Crippen LogP contribution in [0.2, 0.25) is 5.02 Å². The lowest BCUT2D eigenvalue weighted by Crippen LogP contribution is -2.41. The lowest BCUT2D eigenvalue weighted by molar-refractivity contribution is 0.0896. The molecule has 0 aliphatic heterocycles. The highest BCUT2D eigenvalue weighted by Gasteiger charge is 2.18. The monoisotopic (exact) mass is 257 g/mol. The first-order valence-electron chi connectivity index (χ1n) is 5.36. The average molecular weight is 258 g/mol. The van der Waals surface area contributed by atoms with Crippen LogP contribution in [0.4, 0.5) is 0 Å². The number of benzene rings is 1. The zero-order valence-corrected chi connectivity index (χ0v) is 10.5. The highest BCUT2D eigenvalue weighted by atomic mass is 35.5. The van der Waals surface area contributed by atoms with Crippen molar-refractivity contribution in [1.29, 1.82) is 0 Å². The molecule has 0 aliphatic rings. The molecule has 0 bridgehead atoms. The summed E-state index contributed by atoms with van der Waals surface area (Å²) < 4.78 is 0. The van der Waals surface area contributed by atoms with Gasteiger partial charge in [-0.05, 0) is 24.1 Å². The molecular weight excluding hydrogens is 242 g/mol. The van der Waals surface area contributed by atoms with Gasteiger partial charge in [-0.25, -0.2) is 0 Å². The number of aliphatic hydroxyl groups excluding tert-OH is 1. The minimum atomic E-state index is -0.404. The van der Waals surface area contributed by atoms with E-state index in [1.807, 2.05) is 13.8 Å². The largest absolute Gasteiger partial charge is 0.508 e. The van der Waals surface area contributed by atoms with Crippen LogP contribution in [0.5, 0.6) is 5.75 Å². The van der Waals surface area contributed by atoms with Crippen LogP contribution >= 0.6 is 11.6 Å². The molecule has 1 aromatic carbocycles. The van der Waals surface area contributed by atoms with Crippen LogP contribution < -0.4 is 5.32 Å². The van der Waals surface area contributed by atoms with Gasteiger partial charge in [0.1, 0.15) is 5.75 Å². The second-order valence-electron chi connectivity index (χ2n) is 4.17. The Bertz CT molecular complexity index is 407. The van der Waals surface area contributed by atoms with Gasteiger partial charge in [-0.2, -0.15) is 0 Å². The van der Waals surface area contributed by atoms with Gasteiger partial charge in [-0.15, -0.1) is 0 Å². The van der Waals surface area contributed by atoms with Crippen LogP contribution in [-0.4, -0.2) is 28.8 Å². The molecule has 3 N–H and O–H groups in total. The van der Waals surface area contributed by atoms with E-state index in [1.165, 1.54) is 18.2 Å². The summed E-state index contributed by atoms with van der Waals surface area (Å²) in [5.74, 6) is -0.316. The molecule has 17 heavy (non-hydrogen) atoms. The molecule has 4 nitrogen and oxygen atoms in total. The molecule has 0 heterocycles. The average Bonchev–Trinajstić information content (AvgIpc) is 2.28. The molecule has 1 unspecified atom stereocenters. The fraction of sp³-hybridized carbons (Fsp3) is 0.417. The maximum atomic E-state index is 11.9. The number of aromatic hydroxyl groups is 1. The number of nitrogens with one attached hydrogen (secondary N) is 1. The number of hydrogen-bond acceptors (Lipinski definition) is 3. The highest BCUT2D eigenvalue weighted by molar-refractivity contribution is 6.33. The Kier molecular flexibility index (Phi) is 4.78. The third kappa shape index (κ3) is 3.61. The Balaban J connectivity index is 2.86. The van der Waals surface area contributed by atoms with Crippen LogP contribution in [0.3, 0.4) is 0 Å². The zero-order chi connectivity index (χ0) is 13.0. The van der Waals surface area contributed by atoms with Gasteiger partial charge in [-0.3, -0.25) is 4.79 Å². The van der Waals surface area contributed by atoms with E-state index in [9.17, 15) is 9.90 Å². The van der Waals surface area contributed by atoms with E-state index < -0.39 is 5.91 Å². The lowest BCUT2D eigenvalue weighted by atomic mass is 10.0. The highest BCUT2D eigenvalue weighted by Crippen LogP contribution is 2.21. The predicted molar refractivity (Wildman–Crippen MR) is 66.3 cm³/mol. The maximum absolute atomic E-state index is 11.9. The van der Waals surface area contributed by atoms with Gasteiger partial charge in [0.2, 0.25) is 0 Å². The molecule has 1 rings (SSSR count). The molecule has 0 fully saturated rings. The molecule has 0 aliphatic carbocycles. The van der Waals surface area contributed by atoms with E-state index in [2.05, 4.69) is 5.32 Å². The molecule has 1 aromatic rings. The number of amides is 1. The lowest BCUT2D eigenvalue weighted by Gasteiger charge is -2.20. The van der Waals surface area contributed by atoms with Gasteiger partial charge in [-0.1, -0.05) is 25.4 Å². The Morgan fingerprint density at radius 3 is 2.65 bits per heavy atom. The molecule has 1 atom stereocenters. The number of rotatable bonds is 4. The van der Waals surface area contributed by atoms with Gasteiger partial charge in [0.05, 0.1) is 23.2 Å². The fourth-order valence-electron chi connectivity index (χ4n) is 1.36. The Hall–Kier alpha value is -1.26. The summed E-state index contributed by atoms with van der Waals surface area (Å²) in [5.41, 5.74) is 0.200. The van der Waals surface area contributed by atoms with Crippen molar-refractivity contribution >= 4 is 17.5 Å². The quantitative estimate of drug-likeness (QED) is 0.770. The van der Waals surface area contributed by atoms with Crippen molar-refractivity contribution < 1.29 is 15.0 Å². The van der Waals surface area contributed by atoms with Crippen molar-refractivity contribution in [3.8, 4) is 5.75 Å². The van der Waals surface area contributed by atoms with Crippen LogP contribution in [0.15, 0.2) is 18.2 Å². The molecule has 5 heteroatoms. The standard InChI is InChI=1S/C12H16ClNO3/c1-7(2)11(6-15)14-12(17)9-5-8(16)3-4-10(9)13/h3-5,7,11,15-16H,6H2,1-2H3,(H,14,17). The molecule has 0 aromatic heterocycles. The van der Waals surface area contributed by atoms with E-state index in [-0.39, 0.29) is 34.9 Å². The predicted octanol–water partition coefficient (Wildman–Crippen LogP) is 1.79. The van der Waals surface area contributed by atoms with Crippen LogP contribution in [-0.2, 0) is 0 Å². The topological polar surface area (TPSA) is 69.6 Å². The van der Waals surface area contributed by atoms with Gasteiger partial charge >= 0.3 is 0 Å².